The summed E-state index contributed by atoms with van der Waals surface area (Å²) in [5.74, 6) is 0. The molecule has 13 heavy (non-hydrogen) atoms. The van der Waals surface area contributed by atoms with Gasteiger partial charge in [0.1, 0.15) is 6.61 Å². The molecule has 0 aliphatic heterocycles. The van der Waals surface area contributed by atoms with Crippen LogP contribution < -0.4 is 0 Å². The first-order valence-corrected chi connectivity index (χ1v) is 4.78. The van der Waals surface area contributed by atoms with Gasteiger partial charge in [-0.15, -0.1) is 0 Å². The molecule has 0 aromatic rings. The zero-order chi connectivity index (χ0) is 10.1. The van der Waals surface area contributed by atoms with Crippen molar-refractivity contribution in [2.75, 3.05) is 19.7 Å². The van der Waals surface area contributed by atoms with Crippen molar-refractivity contribution < 1.29 is 9.53 Å². The van der Waals surface area contributed by atoms with E-state index >= 15 is 0 Å². The highest BCUT2D eigenvalue weighted by Gasteiger charge is 2.11. The highest BCUT2D eigenvalue weighted by molar-refractivity contribution is 5.67. The first-order valence-electron chi connectivity index (χ1n) is 4.78. The number of amides is 1. The predicted octanol–water partition coefficient (Wildman–Crippen LogP) is 2.43. The number of hydrogen-bond donors (Lipinski definition) is 0. The van der Waals surface area contributed by atoms with E-state index in [1.807, 2.05) is 13.8 Å². The van der Waals surface area contributed by atoms with Crippen LogP contribution in [0, 0.1) is 0 Å². The standard InChI is InChI=1S/C10H19NO2/c1-4-7-11(8-5-2)10(12)13-9-6-3/h6H,3-5,7-9H2,1-2H3. The molecule has 0 aromatic carbocycles. The molecule has 0 bridgehead atoms. The lowest BCUT2D eigenvalue weighted by Gasteiger charge is -2.20. The summed E-state index contributed by atoms with van der Waals surface area (Å²) in [4.78, 5) is 13.1. The van der Waals surface area contributed by atoms with E-state index in [4.69, 9.17) is 4.74 Å². The molecule has 0 rings (SSSR count). The van der Waals surface area contributed by atoms with Gasteiger partial charge in [-0.3, -0.25) is 0 Å². The molecule has 0 radical (unpaired) electrons. The van der Waals surface area contributed by atoms with E-state index in [1.165, 1.54) is 0 Å². The molecule has 0 unspecified atom stereocenters. The Morgan fingerprint density at radius 3 is 2.31 bits per heavy atom. The maximum atomic E-state index is 11.3. The monoisotopic (exact) mass is 185 g/mol. The molecule has 0 aliphatic carbocycles. The molecule has 0 N–H and O–H groups in total. The molecule has 0 fully saturated rings. The van der Waals surface area contributed by atoms with Crippen molar-refractivity contribution in [2.45, 2.75) is 26.7 Å². The zero-order valence-electron chi connectivity index (χ0n) is 8.58. The minimum Gasteiger partial charge on any atom is -0.445 e. The highest BCUT2D eigenvalue weighted by Crippen LogP contribution is 1.98. The van der Waals surface area contributed by atoms with E-state index in [-0.39, 0.29) is 6.09 Å². The summed E-state index contributed by atoms with van der Waals surface area (Å²) in [6, 6.07) is 0. The fourth-order valence-corrected chi connectivity index (χ4v) is 1.06. The molecule has 0 atom stereocenters. The summed E-state index contributed by atoms with van der Waals surface area (Å²) in [6.45, 7) is 9.41. The summed E-state index contributed by atoms with van der Waals surface area (Å²) in [5.41, 5.74) is 0. The van der Waals surface area contributed by atoms with E-state index in [9.17, 15) is 4.79 Å². The number of nitrogens with zero attached hydrogens (tertiary/aromatic N) is 1. The minimum atomic E-state index is -0.233. The Kier molecular flexibility index (Phi) is 7.07. The molecular weight excluding hydrogens is 166 g/mol. The average Bonchev–Trinajstić information content (AvgIpc) is 2.14. The summed E-state index contributed by atoms with van der Waals surface area (Å²) in [7, 11) is 0. The molecule has 0 aromatic heterocycles. The van der Waals surface area contributed by atoms with Gasteiger partial charge in [-0.25, -0.2) is 4.79 Å². The smallest absolute Gasteiger partial charge is 0.410 e. The van der Waals surface area contributed by atoms with Crippen molar-refractivity contribution in [1.29, 1.82) is 0 Å². The van der Waals surface area contributed by atoms with Crippen LogP contribution >= 0.6 is 0 Å². The van der Waals surface area contributed by atoms with Crippen molar-refractivity contribution in [2.24, 2.45) is 0 Å². The van der Waals surface area contributed by atoms with Crippen molar-refractivity contribution in [1.82, 2.24) is 4.90 Å². The number of rotatable bonds is 6. The number of carbonyl (C=O) groups excluding carboxylic acids is 1. The molecule has 3 nitrogen and oxygen atoms in total. The van der Waals surface area contributed by atoms with Gasteiger partial charge in [0, 0.05) is 13.1 Å². The molecule has 0 saturated carbocycles. The van der Waals surface area contributed by atoms with E-state index in [1.54, 1.807) is 11.0 Å². The predicted molar refractivity (Wildman–Crippen MR) is 53.7 cm³/mol. The van der Waals surface area contributed by atoms with Crippen LogP contribution in [0.1, 0.15) is 26.7 Å². The van der Waals surface area contributed by atoms with Gasteiger partial charge in [-0.05, 0) is 12.8 Å². The number of ether oxygens (including phenoxy) is 1. The summed E-state index contributed by atoms with van der Waals surface area (Å²) in [5, 5.41) is 0. The van der Waals surface area contributed by atoms with Gasteiger partial charge >= 0.3 is 6.09 Å². The van der Waals surface area contributed by atoms with Crippen LogP contribution in [-0.4, -0.2) is 30.7 Å². The first-order chi connectivity index (χ1) is 6.26. The second kappa shape index (κ2) is 7.65. The van der Waals surface area contributed by atoms with Crippen LogP contribution in [0.25, 0.3) is 0 Å². The van der Waals surface area contributed by atoms with Crippen LogP contribution in [0.2, 0.25) is 0 Å². The fraction of sp³-hybridized carbons (Fsp3) is 0.700. The molecule has 0 saturated heterocycles. The van der Waals surface area contributed by atoms with Gasteiger partial charge < -0.3 is 9.64 Å². The topological polar surface area (TPSA) is 29.5 Å². The second-order valence-corrected chi connectivity index (χ2v) is 2.85. The largest absolute Gasteiger partial charge is 0.445 e. The fourth-order valence-electron chi connectivity index (χ4n) is 1.06. The van der Waals surface area contributed by atoms with Crippen molar-refractivity contribution >= 4 is 6.09 Å². The average molecular weight is 185 g/mol. The lowest BCUT2D eigenvalue weighted by atomic mass is 10.4. The Bertz CT molecular complexity index is 151. The minimum absolute atomic E-state index is 0.233. The number of carbonyl (C=O) groups is 1. The first kappa shape index (κ1) is 12.0. The summed E-state index contributed by atoms with van der Waals surface area (Å²) >= 11 is 0. The second-order valence-electron chi connectivity index (χ2n) is 2.85. The van der Waals surface area contributed by atoms with Crippen molar-refractivity contribution in [3.05, 3.63) is 12.7 Å². The molecule has 3 heteroatoms. The Morgan fingerprint density at radius 1 is 1.38 bits per heavy atom. The third kappa shape index (κ3) is 5.28. The molecule has 0 heterocycles. The van der Waals surface area contributed by atoms with Gasteiger partial charge in [-0.2, -0.15) is 0 Å². The lowest BCUT2D eigenvalue weighted by Crippen LogP contribution is -2.33. The molecule has 0 spiro atoms. The van der Waals surface area contributed by atoms with Crippen LogP contribution in [0.4, 0.5) is 4.79 Å². The summed E-state index contributed by atoms with van der Waals surface area (Å²) < 4.78 is 4.93. The molecule has 1 amide bonds. The van der Waals surface area contributed by atoms with Gasteiger partial charge in [0.25, 0.3) is 0 Å². The van der Waals surface area contributed by atoms with Crippen molar-refractivity contribution in [3.63, 3.8) is 0 Å². The Hall–Kier alpha value is -0.990. The molecular formula is C10H19NO2. The number of hydrogen-bond acceptors (Lipinski definition) is 2. The quantitative estimate of drug-likeness (QED) is 0.595. The lowest BCUT2D eigenvalue weighted by molar-refractivity contribution is 0.112. The van der Waals surface area contributed by atoms with E-state index in [2.05, 4.69) is 6.58 Å². The Labute approximate surface area is 80.4 Å². The SMILES string of the molecule is C=CCOC(=O)N(CCC)CCC. The molecule has 0 aliphatic rings. The van der Waals surface area contributed by atoms with Crippen LogP contribution in [0.15, 0.2) is 12.7 Å². The maximum absolute atomic E-state index is 11.3. The zero-order valence-corrected chi connectivity index (χ0v) is 8.58. The maximum Gasteiger partial charge on any atom is 0.410 e. The van der Waals surface area contributed by atoms with Crippen LogP contribution in [-0.2, 0) is 4.74 Å². The third-order valence-corrected chi connectivity index (χ3v) is 1.57. The van der Waals surface area contributed by atoms with E-state index < -0.39 is 0 Å². The molecule has 76 valence electrons. The Morgan fingerprint density at radius 2 is 1.92 bits per heavy atom. The van der Waals surface area contributed by atoms with Gasteiger partial charge in [0.05, 0.1) is 0 Å². The summed E-state index contributed by atoms with van der Waals surface area (Å²) in [6.07, 6.45) is 3.27. The Balaban J connectivity index is 3.86. The van der Waals surface area contributed by atoms with E-state index in [0.29, 0.717) is 6.61 Å². The van der Waals surface area contributed by atoms with Crippen LogP contribution in [0.3, 0.4) is 0 Å². The van der Waals surface area contributed by atoms with Gasteiger partial charge in [0.15, 0.2) is 0 Å². The van der Waals surface area contributed by atoms with Gasteiger partial charge in [-0.1, -0.05) is 26.5 Å². The third-order valence-electron chi connectivity index (χ3n) is 1.57. The highest BCUT2D eigenvalue weighted by atomic mass is 16.6. The van der Waals surface area contributed by atoms with E-state index in [0.717, 1.165) is 25.9 Å². The normalized spacial score (nSPS) is 9.38. The van der Waals surface area contributed by atoms with Crippen molar-refractivity contribution in [3.8, 4) is 0 Å². The van der Waals surface area contributed by atoms with Crippen LogP contribution in [0.5, 0.6) is 0 Å². The van der Waals surface area contributed by atoms with Gasteiger partial charge in [0.2, 0.25) is 0 Å².